The van der Waals surface area contributed by atoms with Crippen molar-refractivity contribution in [1.29, 1.82) is 0 Å². The number of rotatable bonds is 11. The average Bonchev–Trinajstić information content (AvgIpc) is 3.78. The fourth-order valence-electron chi connectivity index (χ4n) is 5.88. The fourth-order valence-corrected chi connectivity index (χ4v) is 7.17. The number of aliphatic hydroxyl groups is 1. The molecule has 1 heterocycles. The Balaban J connectivity index is 1.49. The molecule has 1 aliphatic carbocycles. The van der Waals surface area contributed by atoms with E-state index < -0.39 is 27.3 Å². The van der Waals surface area contributed by atoms with Gasteiger partial charge in [-0.15, -0.1) is 0 Å². The summed E-state index contributed by atoms with van der Waals surface area (Å²) in [5, 5.41) is 9.48. The first-order chi connectivity index (χ1) is 22.1. The number of carbonyl (C=O) groups is 2. The molecule has 1 aliphatic rings. The highest BCUT2D eigenvalue weighted by Gasteiger charge is 2.50. The summed E-state index contributed by atoms with van der Waals surface area (Å²) in [6.45, 7) is -0.232. The van der Waals surface area contributed by atoms with E-state index in [1.165, 1.54) is 36.4 Å². The molecule has 1 aromatic heterocycles. The van der Waals surface area contributed by atoms with Crippen molar-refractivity contribution in [2.75, 3.05) is 20.2 Å². The third-order valence-corrected chi connectivity index (χ3v) is 9.96. The number of primary amides is 1. The lowest BCUT2D eigenvalue weighted by Crippen LogP contribution is -2.37. The lowest BCUT2D eigenvalue weighted by Gasteiger charge is -2.29. The first kappa shape index (κ1) is 31.2. The van der Waals surface area contributed by atoms with E-state index in [9.17, 15) is 27.5 Å². The van der Waals surface area contributed by atoms with E-state index in [0.29, 0.717) is 16.7 Å². The van der Waals surface area contributed by atoms with Gasteiger partial charge in [0.05, 0.1) is 16.0 Å². The van der Waals surface area contributed by atoms with Gasteiger partial charge in [-0.1, -0.05) is 42.5 Å². The second kappa shape index (κ2) is 12.2. The zero-order valence-corrected chi connectivity index (χ0v) is 25.8. The molecule has 0 radical (unpaired) electrons. The Kier molecular flexibility index (Phi) is 8.24. The topological polar surface area (TPSA) is 143 Å². The van der Waals surface area contributed by atoms with Crippen LogP contribution in [0.15, 0.2) is 100 Å². The van der Waals surface area contributed by atoms with Crippen molar-refractivity contribution < 1.29 is 31.9 Å². The Hall–Kier alpha value is -4.84. The predicted molar refractivity (Wildman–Crippen MR) is 172 cm³/mol. The van der Waals surface area contributed by atoms with Crippen LogP contribution in [0.25, 0.3) is 33.4 Å². The number of benzene rings is 4. The molecule has 4 N–H and O–H groups in total. The monoisotopic (exact) mass is 641 g/mol. The molecule has 4 aromatic carbocycles. The first-order valence-electron chi connectivity index (χ1n) is 14.8. The number of furan rings is 1. The number of halogens is 1. The van der Waals surface area contributed by atoms with Crippen LogP contribution in [0.3, 0.4) is 0 Å². The van der Waals surface area contributed by atoms with E-state index in [1.807, 2.05) is 30.3 Å². The second-order valence-corrected chi connectivity index (χ2v) is 13.1. The molecule has 0 spiro atoms. The minimum Gasteiger partial charge on any atom is -0.455 e. The van der Waals surface area contributed by atoms with Crippen molar-refractivity contribution in [3.8, 4) is 22.5 Å². The van der Waals surface area contributed by atoms with Gasteiger partial charge in [0.2, 0.25) is 10.0 Å². The van der Waals surface area contributed by atoms with Gasteiger partial charge < -0.3 is 20.2 Å². The van der Waals surface area contributed by atoms with Gasteiger partial charge in [-0.3, -0.25) is 9.59 Å². The molecule has 0 unspecified atom stereocenters. The van der Waals surface area contributed by atoms with Gasteiger partial charge in [-0.25, -0.2) is 17.5 Å². The number of hydrogen-bond donors (Lipinski definition) is 3. The maximum atomic E-state index is 13.9. The molecule has 1 saturated carbocycles. The lowest BCUT2D eigenvalue weighted by molar-refractivity contribution is 0.0704. The van der Waals surface area contributed by atoms with Gasteiger partial charge >= 0.3 is 0 Å². The summed E-state index contributed by atoms with van der Waals surface area (Å²) in [6, 6.07) is 24.6. The van der Waals surface area contributed by atoms with Gasteiger partial charge in [0.1, 0.15) is 17.2 Å². The molecule has 0 saturated heterocycles. The quantitative estimate of drug-likeness (QED) is 0.164. The van der Waals surface area contributed by atoms with Crippen LogP contribution in [0.4, 0.5) is 4.39 Å². The Morgan fingerprint density at radius 2 is 1.70 bits per heavy atom. The van der Waals surface area contributed by atoms with E-state index in [2.05, 4.69) is 4.72 Å². The van der Waals surface area contributed by atoms with Crippen molar-refractivity contribution in [2.45, 2.75) is 29.7 Å². The Morgan fingerprint density at radius 1 is 0.978 bits per heavy atom. The molecule has 9 nitrogen and oxygen atoms in total. The molecule has 0 bridgehead atoms. The molecule has 6 rings (SSSR count). The molecule has 5 aromatic rings. The van der Waals surface area contributed by atoms with Crippen molar-refractivity contribution in [2.24, 2.45) is 5.73 Å². The minimum atomic E-state index is -4.18. The molecule has 236 valence electrons. The smallest absolute Gasteiger partial charge is 0.254 e. The molecule has 11 heteroatoms. The third kappa shape index (κ3) is 5.68. The van der Waals surface area contributed by atoms with E-state index in [1.54, 1.807) is 36.2 Å². The number of fused-ring (bicyclic) bond motifs is 1. The highest BCUT2D eigenvalue weighted by molar-refractivity contribution is 7.89. The van der Waals surface area contributed by atoms with Crippen LogP contribution in [0, 0.1) is 5.82 Å². The Labute approximate surface area is 265 Å². The summed E-state index contributed by atoms with van der Waals surface area (Å²) in [7, 11) is -2.41. The number of nitrogens with two attached hydrogens (primary N) is 1. The molecule has 1 fully saturated rings. The highest BCUT2D eigenvalue weighted by Crippen LogP contribution is 2.50. The Morgan fingerprint density at radius 3 is 2.35 bits per heavy atom. The molecule has 0 aliphatic heterocycles. The number of aliphatic hydroxyl groups excluding tert-OH is 1. The summed E-state index contributed by atoms with van der Waals surface area (Å²) in [6.07, 6.45) is 1.84. The largest absolute Gasteiger partial charge is 0.455 e. The van der Waals surface area contributed by atoms with Crippen molar-refractivity contribution in [1.82, 2.24) is 9.62 Å². The van der Waals surface area contributed by atoms with Crippen molar-refractivity contribution in [3.63, 3.8) is 0 Å². The normalized spacial score (nSPS) is 13.9. The SMILES string of the molecule is CN(C(=O)c1cccc(-c2cc3c(C(N)=O)c(-c4ccc(F)cc4)oc3cc2S(=O)(=O)NCCCO)c1)C1(c2ccccc2)CC1. The first-order valence-corrected chi connectivity index (χ1v) is 16.2. The number of nitrogens with one attached hydrogen (secondary N) is 1. The number of hydrogen-bond acceptors (Lipinski definition) is 6. The van der Waals surface area contributed by atoms with Crippen LogP contribution in [0.5, 0.6) is 0 Å². The number of carbonyl (C=O) groups excluding carboxylic acids is 2. The summed E-state index contributed by atoms with van der Waals surface area (Å²) in [4.78, 5) is 28.2. The third-order valence-electron chi connectivity index (χ3n) is 8.46. The van der Waals surface area contributed by atoms with Gasteiger partial charge in [-0.05, 0) is 72.9 Å². The molecule has 46 heavy (non-hydrogen) atoms. The van der Waals surface area contributed by atoms with Crippen LogP contribution in [0.1, 0.15) is 45.5 Å². The van der Waals surface area contributed by atoms with Crippen LogP contribution in [0.2, 0.25) is 0 Å². The maximum Gasteiger partial charge on any atom is 0.254 e. The lowest BCUT2D eigenvalue weighted by atomic mass is 9.98. The Bertz CT molecular complexity index is 2060. The van der Waals surface area contributed by atoms with Crippen LogP contribution < -0.4 is 10.5 Å². The van der Waals surface area contributed by atoms with Gasteiger partial charge in [0.25, 0.3) is 11.8 Å². The predicted octanol–water partition coefficient (Wildman–Crippen LogP) is 5.43. The molecule has 2 amide bonds. The maximum absolute atomic E-state index is 13.9. The standard InChI is InChI=1S/C35H32FN3O6S/c1-39(35(15-16-35)25-9-3-2-4-10-25)34(42)24-8-5-7-23(19-24)27-20-28-29(21-30(27)46(43,44)38-17-6-18-40)45-32(31(28)33(37)41)22-11-13-26(36)14-12-22/h2-5,7-14,19-21,38,40H,6,15-18H2,1H3,(H2,37,41). The van der Waals surface area contributed by atoms with Gasteiger partial charge in [0.15, 0.2) is 0 Å². The molecular formula is C35H32FN3O6S. The molecule has 0 atom stereocenters. The number of amides is 2. The summed E-state index contributed by atoms with van der Waals surface area (Å²) in [5.41, 5.74) is 7.86. The zero-order chi connectivity index (χ0) is 32.6. The van der Waals surface area contributed by atoms with Gasteiger partial charge in [0, 0.05) is 48.3 Å². The fraction of sp³-hybridized carbons (Fsp3) is 0.200. The second-order valence-electron chi connectivity index (χ2n) is 11.3. The van der Waals surface area contributed by atoms with E-state index in [0.717, 1.165) is 18.4 Å². The molecular weight excluding hydrogens is 609 g/mol. The summed E-state index contributed by atoms with van der Waals surface area (Å²) in [5.74, 6) is -1.46. The number of sulfonamides is 1. The van der Waals surface area contributed by atoms with E-state index in [-0.39, 0.29) is 58.2 Å². The van der Waals surface area contributed by atoms with E-state index >= 15 is 0 Å². The van der Waals surface area contributed by atoms with Crippen LogP contribution >= 0.6 is 0 Å². The van der Waals surface area contributed by atoms with Crippen LogP contribution in [-0.2, 0) is 15.6 Å². The summed E-state index contributed by atoms with van der Waals surface area (Å²) >= 11 is 0. The average molecular weight is 642 g/mol. The minimum absolute atomic E-state index is 0.00514. The zero-order valence-electron chi connectivity index (χ0n) is 25.0. The van der Waals surface area contributed by atoms with Crippen molar-refractivity contribution >= 4 is 32.8 Å². The van der Waals surface area contributed by atoms with E-state index in [4.69, 9.17) is 10.2 Å². The van der Waals surface area contributed by atoms with Gasteiger partial charge in [-0.2, -0.15) is 0 Å². The van der Waals surface area contributed by atoms with Crippen molar-refractivity contribution in [3.05, 3.63) is 114 Å². The highest BCUT2D eigenvalue weighted by atomic mass is 32.2. The number of nitrogens with zero attached hydrogens (tertiary/aromatic N) is 1. The van der Waals surface area contributed by atoms with Crippen LogP contribution in [-0.4, -0.2) is 50.4 Å². The summed E-state index contributed by atoms with van der Waals surface area (Å²) < 4.78 is 49.5.